The third kappa shape index (κ3) is 4.95. The van der Waals surface area contributed by atoms with Crippen molar-refractivity contribution in [2.24, 2.45) is 23.0 Å². The van der Waals surface area contributed by atoms with Crippen molar-refractivity contribution < 1.29 is 4.79 Å². The van der Waals surface area contributed by atoms with Gasteiger partial charge in [-0.05, 0) is 29.7 Å². The predicted octanol–water partition coefficient (Wildman–Crippen LogP) is 3.51. The molecule has 23 heavy (non-hydrogen) atoms. The van der Waals surface area contributed by atoms with Crippen molar-refractivity contribution in [3.05, 3.63) is 35.9 Å². The lowest BCUT2D eigenvalue weighted by Gasteiger charge is -2.44. The molecule has 1 aromatic carbocycles. The molecule has 130 valence electrons. The maximum absolute atomic E-state index is 13.0. The van der Waals surface area contributed by atoms with E-state index in [2.05, 4.69) is 39.8 Å². The van der Waals surface area contributed by atoms with Crippen LogP contribution in [0.3, 0.4) is 0 Å². The van der Waals surface area contributed by atoms with E-state index in [1.807, 2.05) is 23.1 Å². The first-order valence-corrected chi connectivity index (χ1v) is 8.39. The van der Waals surface area contributed by atoms with Crippen molar-refractivity contribution in [1.82, 2.24) is 4.90 Å². The molecule has 2 atom stereocenters. The molecule has 1 aliphatic rings. The van der Waals surface area contributed by atoms with Gasteiger partial charge in [-0.2, -0.15) is 0 Å². The maximum Gasteiger partial charge on any atom is 0.226 e. The Bertz CT molecular complexity index is 501. The Hall–Kier alpha value is -1.06. The standard InChI is InChI=1S/C19H30N2O.ClH/c1-14(2)16(12-15-8-6-5-7-9-15)18(22)21-11-10-17(20)19(3,4)13-21;/h5-9,14,16-17H,10-13,20H2,1-4H3;1H. The first-order chi connectivity index (χ1) is 10.3. The summed E-state index contributed by atoms with van der Waals surface area (Å²) in [6.45, 7) is 10.2. The van der Waals surface area contributed by atoms with E-state index in [0.29, 0.717) is 11.8 Å². The van der Waals surface area contributed by atoms with Gasteiger partial charge < -0.3 is 10.6 Å². The number of likely N-dealkylation sites (tertiary alicyclic amines) is 1. The Morgan fingerprint density at radius 1 is 1.30 bits per heavy atom. The summed E-state index contributed by atoms with van der Waals surface area (Å²) in [5.41, 5.74) is 7.44. The lowest BCUT2D eigenvalue weighted by Crippen LogP contribution is -2.55. The largest absolute Gasteiger partial charge is 0.342 e. The van der Waals surface area contributed by atoms with Gasteiger partial charge in [0, 0.05) is 25.0 Å². The van der Waals surface area contributed by atoms with E-state index in [-0.39, 0.29) is 29.8 Å². The highest BCUT2D eigenvalue weighted by atomic mass is 35.5. The molecular formula is C19H31ClN2O. The molecule has 0 saturated carbocycles. The highest BCUT2D eigenvalue weighted by Gasteiger charge is 2.37. The molecule has 2 rings (SSSR count). The second-order valence-electron chi connectivity index (χ2n) is 7.68. The van der Waals surface area contributed by atoms with Gasteiger partial charge >= 0.3 is 0 Å². The van der Waals surface area contributed by atoms with E-state index >= 15 is 0 Å². The Balaban J connectivity index is 0.00000264. The van der Waals surface area contributed by atoms with Crippen LogP contribution in [0.4, 0.5) is 0 Å². The third-order valence-electron chi connectivity index (χ3n) is 5.04. The topological polar surface area (TPSA) is 46.3 Å². The molecule has 2 unspecified atom stereocenters. The van der Waals surface area contributed by atoms with Crippen molar-refractivity contribution >= 4 is 18.3 Å². The third-order valence-corrected chi connectivity index (χ3v) is 5.04. The van der Waals surface area contributed by atoms with E-state index in [1.165, 1.54) is 5.56 Å². The number of carbonyl (C=O) groups excluding carboxylic acids is 1. The summed E-state index contributed by atoms with van der Waals surface area (Å²) in [7, 11) is 0. The molecule has 1 aliphatic heterocycles. The SMILES string of the molecule is CC(C)C(Cc1ccccc1)C(=O)N1CCC(N)C(C)(C)C1.Cl. The number of nitrogens with two attached hydrogens (primary N) is 1. The van der Waals surface area contributed by atoms with Gasteiger partial charge in [0.15, 0.2) is 0 Å². The molecule has 3 nitrogen and oxygen atoms in total. The van der Waals surface area contributed by atoms with Gasteiger partial charge in [0.05, 0.1) is 0 Å². The Labute approximate surface area is 147 Å². The number of amides is 1. The fourth-order valence-electron chi connectivity index (χ4n) is 3.27. The van der Waals surface area contributed by atoms with Gasteiger partial charge in [-0.15, -0.1) is 12.4 Å². The van der Waals surface area contributed by atoms with Crippen LogP contribution in [-0.2, 0) is 11.2 Å². The zero-order valence-electron chi connectivity index (χ0n) is 14.8. The zero-order chi connectivity index (χ0) is 16.3. The minimum absolute atomic E-state index is 0. The van der Waals surface area contributed by atoms with Crippen molar-refractivity contribution in [3.8, 4) is 0 Å². The quantitative estimate of drug-likeness (QED) is 0.913. The lowest BCUT2D eigenvalue weighted by atomic mass is 9.78. The van der Waals surface area contributed by atoms with Crippen molar-refractivity contribution in [1.29, 1.82) is 0 Å². The number of hydrogen-bond acceptors (Lipinski definition) is 2. The lowest BCUT2D eigenvalue weighted by molar-refractivity contribution is -0.140. The Morgan fingerprint density at radius 3 is 2.43 bits per heavy atom. The van der Waals surface area contributed by atoms with Crippen LogP contribution < -0.4 is 5.73 Å². The summed E-state index contributed by atoms with van der Waals surface area (Å²) < 4.78 is 0. The number of carbonyl (C=O) groups is 1. The summed E-state index contributed by atoms with van der Waals surface area (Å²) >= 11 is 0. The molecule has 0 aliphatic carbocycles. The van der Waals surface area contributed by atoms with Crippen LogP contribution in [0.2, 0.25) is 0 Å². The summed E-state index contributed by atoms with van der Waals surface area (Å²) in [5.74, 6) is 0.678. The summed E-state index contributed by atoms with van der Waals surface area (Å²) in [6.07, 6.45) is 1.72. The zero-order valence-corrected chi connectivity index (χ0v) is 15.6. The molecule has 0 radical (unpaired) electrons. The van der Waals surface area contributed by atoms with Gasteiger partial charge in [-0.3, -0.25) is 4.79 Å². The number of piperidine rings is 1. The van der Waals surface area contributed by atoms with Crippen LogP contribution in [0.5, 0.6) is 0 Å². The number of benzene rings is 1. The molecule has 0 aromatic heterocycles. The molecule has 1 amide bonds. The minimum Gasteiger partial charge on any atom is -0.342 e. The summed E-state index contributed by atoms with van der Waals surface area (Å²) in [5, 5.41) is 0. The van der Waals surface area contributed by atoms with Gasteiger partial charge in [-0.1, -0.05) is 58.0 Å². The van der Waals surface area contributed by atoms with Crippen LogP contribution in [0.1, 0.15) is 39.7 Å². The van der Waals surface area contributed by atoms with Gasteiger partial charge in [0.1, 0.15) is 0 Å². The van der Waals surface area contributed by atoms with E-state index in [0.717, 1.165) is 25.9 Å². The van der Waals surface area contributed by atoms with Crippen LogP contribution in [0, 0.1) is 17.3 Å². The minimum atomic E-state index is 0. The van der Waals surface area contributed by atoms with Gasteiger partial charge in [-0.25, -0.2) is 0 Å². The van der Waals surface area contributed by atoms with Crippen molar-refractivity contribution in [2.75, 3.05) is 13.1 Å². The average Bonchev–Trinajstić information content (AvgIpc) is 2.47. The Morgan fingerprint density at radius 2 is 1.91 bits per heavy atom. The first kappa shape index (κ1) is 20.0. The second-order valence-corrected chi connectivity index (χ2v) is 7.68. The van der Waals surface area contributed by atoms with E-state index in [1.54, 1.807) is 0 Å². The van der Waals surface area contributed by atoms with Gasteiger partial charge in [0.25, 0.3) is 0 Å². The number of halogens is 1. The van der Waals surface area contributed by atoms with Crippen LogP contribution >= 0.6 is 12.4 Å². The molecule has 4 heteroatoms. The number of nitrogens with zero attached hydrogens (tertiary/aromatic N) is 1. The molecule has 0 spiro atoms. The fourth-order valence-corrected chi connectivity index (χ4v) is 3.27. The highest BCUT2D eigenvalue weighted by Crippen LogP contribution is 2.30. The maximum atomic E-state index is 13.0. The molecule has 0 bridgehead atoms. The average molecular weight is 339 g/mol. The summed E-state index contributed by atoms with van der Waals surface area (Å²) in [4.78, 5) is 15.1. The smallest absolute Gasteiger partial charge is 0.226 e. The molecule has 1 fully saturated rings. The van der Waals surface area contributed by atoms with E-state index < -0.39 is 0 Å². The van der Waals surface area contributed by atoms with Crippen LogP contribution in [0.15, 0.2) is 30.3 Å². The monoisotopic (exact) mass is 338 g/mol. The van der Waals surface area contributed by atoms with Crippen LogP contribution in [0.25, 0.3) is 0 Å². The van der Waals surface area contributed by atoms with Crippen molar-refractivity contribution in [2.45, 2.75) is 46.6 Å². The van der Waals surface area contributed by atoms with Crippen LogP contribution in [-0.4, -0.2) is 29.9 Å². The molecular weight excluding hydrogens is 308 g/mol. The van der Waals surface area contributed by atoms with E-state index in [9.17, 15) is 4.79 Å². The Kier molecular flexibility index (Phi) is 7.09. The molecule has 2 N–H and O–H groups in total. The first-order valence-electron chi connectivity index (χ1n) is 8.39. The van der Waals surface area contributed by atoms with Crippen molar-refractivity contribution in [3.63, 3.8) is 0 Å². The van der Waals surface area contributed by atoms with E-state index in [4.69, 9.17) is 5.73 Å². The molecule has 1 saturated heterocycles. The molecule has 1 aromatic rings. The fraction of sp³-hybridized carbons (Fsp3) is 0.632. The van der Waals surface area contributed by atoms with Gasteiger partial charge in [0.2, 0.25) is 5.91 Å². The predicted molar refractivity (Wildman–Crippen MR) is 98.7 cm³/mol. The normalized spacial score (nSPS) is 21.7. The highest BCUT2D eigenvalue weighted by molar-refractivity contribution is 5.85. The number of rotatable bonds is 4. The second kappa shape index (κ2) is 8.16. The summed E-state index contributed by atoms with van der Waals surface area (Å²) in [6, 6.07) is 10.5. The molecule has 1 heterocycles. The number of hydrogen-bond donors (Lipinski definition) is 1.